The fraction of sp³-hybridized carbons (Fsp3) is 0.211. The zero-order valence-electron chi connectivity index (χ0n) is 15.0. The Labute approximate surface area is 164 Å². The highest BCUT2D eigenvalue weighted by Gasteiger charge is 2.27. The van der Waals surface area contributed by atoms with Crippen LogP contribution in [-0.2, 0) is 9.53 Å². The van der Waals surface area contributed by atoms with Crippen LogP contribution in [0, 0.1) is 0 Å². The van der Waals surface area contributed by atoms with Gasteiger partial charge in [0.15, 0.2) is 11.5 Å². The van der Waals surface area contributed by atoms with E-state index in [-0.39, 0.29) is 29.1 Å². The van der Waals surface area contributed by atoms with E-state index in [4.69, 9.17) is 21.1 Å². The third kappa shape index (κ3) is 3.59. The Morgan fingerprint density at radius 2 is 2.00 bits per heavy atom. The lowest BCUT2D eigenvalue weighted by atomic mass is 9.89. The van der Waals surface area contributed by atoms with Crippen molar-refractivity contribution in [2.75, 3.05) is 14.2 Å². The molecule has 1 atom stereocenters. The van der Waals surface area contributed by atoms with Gasteiger partial charge in [0.1, 0.15) is 5.65 Å². The Hall–Kier alpha value is -3.26. The fourth-order valence-corrected chi connectivity index (χ4v) is 3.13. The number of rotatable bonds is 5. The number of benzene rings is 1. The number of carbonyl (C=O) groups excluding carboxylic acids is 1. The third-order valence-corrected chi connectivity index (χ3v) is 4.58. The van der Waals surface area contributed by atoms with Gasteiger partial charge in [-0.2, -0.15) is 4.98 Å². The van der Waals surface area contributed by atoms with E-state index < -0.39 is 23.3 Å². The number of methoxy groups -OCH3 is 2. The summed E-state index contributed by atoms with van der Waals surface area (Å²) in [5, 5.41) is 20.6. The predicted molar refractivity (Wildman–Crippen MR) is 101 cm³/mol. The Morgan fingerprint density at radius 1 is 1.25 bits per heavy atom. The molecule has 2 heterocycles. The molecule has 0 aliphatic carbocycles. The molecule has 0 aliphatic rings. The Bertz CT molecular complexity index is 1110. The van der Waals surface area contributed by atoms with Gasteiger partial charge in [0.2, 0.25) is 5.88 Å². The second-order valence-electron chi connectivity index (χ2n) is 5.99. The fourth-order valence-electron chi connectivity index (χ4n) is 2.97. The molecule has 2 N–H and O–H groups in total. The number of fused-ring (bicyclic) bond motifs is 1. The highest BCUT2D eigenvalue weighted by molar-refractivity contribution is 6.30. The van der Waals surface area contributed by atoms with Crippen LogP contribution >= 0.6 is 11.6 Å². The first kappa shape index (κ1) is 19.5. The number of nitrogens with zero attached hydrogens (tertiary/aromatic N) is 2. The van der Waals surface area contributed by atoms with Gasteiger partial charge in [-0.3, -0.25) is 14.0 Å². The van der Waals surface area contributed by atoms with Crippen LogP contribution in [0.3, 0.4) is 0 Å². The molecule has 0 bridgehead atoms. The Balaban J connectivity index is 2.26. The van der Waals surface area contributed by atoms with Crippen LogP contribution in [-0.4, -0.2) is 39.8 Å². The van der Waals surface area contributed by atoms with E-state index >= 15 is 0 Å². The molecule has 146 valence electrons. The molecule has 8 nitrogen and oxygen atoms in total. The monoisotopic (exact) mass is 404 g/mol. The lowest BCUT2D eigenvalue weighted by molar-refractivity contribution is -0.140. The van der Waals surface area contributed by atoms with Crippen molar-refractivity contribution in [1.82, 2.24) is 9.38 Å². The molecule has 0 saturated carbocycles. The molecule has 0 aliphatic heterocycles. The van der Waals surface area contributed by atoms with Gasteiger partial charge in [-0.25, -0.2) is 0 Å². The number of halogens is 1. The number of aromatic nitrogens is 2. The van der Waals surface area contributed by atoms with Gasteiger partial charge in [0.05, 0.1) is 31.2 Å². The van der Waals surface area contributed by atoms with Crippen molar-refractivity contribution in [3.05, 3.63) is 63.0 Å². The van der Waals surface area contributed by atoms with Gasteiger partial charge in [-0.1, -0.05) is 17.7 Å². The summed E-state index contributed by atoms with van der Waals surface area (Å²) in [5.41, 5.74) is -0.0177. The molecule has 0 saturated heterocycles. The molecule has 28 heavy (non-hydrogen) atoms. The molecule has 0 spiro atoms. The average Bonchev–Trinajstić information content (AvgIpc) is 2.68. The minimum absolute atomic E-state index is 0.0992. The van der Waals surface area contributed by atoms with E-state index in [0.717, 1.165) is 0 Å². The number of phenolic OH excluding ortho intramolecular Hbond substituents is 1. The first-order chi connectivity index (χ1) is 13.3. The summed E-state index contributed by atoms with van der Waals surface area (Å²) >= 11 is 5.97. The maximum Gasteiger partial charge on any atom is 0.306 e. The number of ether oxygens (including phenoxy) is 2. The third-order valence-electron chi connectivity index (χ3n) is 4.35. The van der Waals surface area contributed by atoms with Crippen molar-refractivity contribution in [3.8, 4) is 17.4 Å². The van der Waals surface area contributed by atoms with E-state index in [1.165, 1.54) is 49.1 Å². The van der Waals surface area contributed by atoms with Crippen LogP contribution in [0.5, 0.6) is 17.4 Å². The molecular formula is C19H17ClN2O6. The Morgan fingerprint density at radius 3 is 2.68 bits per heavy atom. The second kappa shape index (κ2) is 7.77. The van der Waals surface area contributed by atoms with Crippen molar-refractivity contribution in [2.45, 2.75) is 12.3 Å². The van der Waals surface area contributed by atoms with E-state index in [0.29, 0.717) is 10.6 Å². The van der Waals surface area contributed by atoms with Crippen molar-refractivity contribution < 1.29 is 24.5 Å². The van der Waals surface area contributed by atoms with E-state index in [2.05, 4.69) is 4.98 Å². The predicted octanol–water partition coefficient (Wildman–Crippen LogP) is 2.46. The summed E-state index contributed by atoms with van der Waals surface area (Å²) in [6.45, 7) is 0. The van der Waals surface area contributed by atoms with Gasteiger partial charge in [0, 0.05) is 12.1 Å². The van der Waals surface area contributed by atoms with Crippen molar-refractivity contribution in [3.63, 3.8) is 0 Å². The van der Waals surface area contributed by atoms with E-state index in [1.54, 1.807) is 6.07 Å². The van der Waals surface area contributed by atoms with E-state index in [9.17, 15) is 19.8 Å². The molecule has 0 amide bonds. The summed E-state index contributed by atoms with van der Waals surface area (Å²) in [6, 6.07) is 7.41. The maximum atomic E-state index is 13.1. The van der Waals surface area contributed by atoms with Gasteiger partial charge in [-0.05, 0) is 29.8 Å². The average molecular weight is 405 g/mol. The largest absolute Gasteiger partial charge is 0.504 e. The zero-order chi connectivity index (χ0) is 20.4. The van der Waals surface area contributed by atoms with Crippen molar-refractivity contribution in [1.29, 1.82) is 0 Å². The molecule has 3 rings (SSSR count). The number of phenols is 1. The number of esters is 1. The lowest BCUT2D eigenvalue weighted by Crippen LogP contribution is -2.24. The first-order valence-electron chi connectivity index (χ1n) is 8.20. The zero-order valence-corrected chi connectivity index (χ0v) is 15.8. The van der Waals surface area contributed by atoms with Gasteiger partial charge >= 0.3 is 5.97 Å². The molecule has 3 aromatic rings. The summed E-state index contributed by atoms with van der Waals surface area (Å²) in [5.74, 6) is -1.94. The summed E-state index contributed by atoms with van der Waals surface area (Å²) in [6.07, 6.45) is 1.14. The molecule has 0 unspecified atom stereocenters. The van der Waals surface area contributed by atoms with Crippen molar-refractivity contribution >= 4 is 23.2 Å². The standard InChI is InChI=1S/C19H17ClN2O6/c1-27-14-7-10(3-5-13(14)23)12(8-16(24)28-2)17-18(25)21-15-6-4-11(20)9-22(15)19(17)26/h3-7,9,12,23,25H,8H2,1-2H3/t12-/m0/s1. The minimum atomic E-state index is -0.891. The van der Waals surface area contributed by atoms with Gasteiger partial charge < -0.3 is 19.7 Å². The second-order valence-corrected chi connectivity index (χ2v) is 6.43. The number of carbonyl (C=O) groups is 1. The van der Waals surface area contributed by atoms with Crippen LogP contribution < -0.4 is 10.3 Å². The summed E-state index contributed by atoms with van der Waals surface area (Å²) < 4.78 is 11.0. The molecule has 1 aromatic carbocycles. The molecule has 9 heteroatoms. The number of hydrogen-bond acceptors (Lipinski definition) is 7. The molecule has 2 aromatic heterocycles. The van der Waals surface area contributed by atoms with Crippen LogP contribution in [0.4, 0.5) is 0 Å². The maximum absolute atomic E-state index is 13.1. The first-order valence-corrected chi connectivity index (χ1v) is 8.58. The van der Waals surface area contributed by atoms with Crippen molar-refractivity contribution in [2.24, 2.45) is 0 Å². The normalized spacial score (nSPS) is 12.0. The van der Waals surface area contributed by atoms with Gasteiger partial charge in [-0.15, -0.1) is 0 Å². The highest BCUT2D eigenvalue weighted by atomic mass is 35.5. The number of hydrogen-bond donors (Lipinski definition) is 2. The summed E-state index contributed by atoms with van der Waals surface area (Å²) in [4.78, 5) is 29.1. The summed E-state index contributed by atoms with van der Waals surface area (Å²) in [7, 11) is 2.60. The van der Waals surface area contributed by atoms with Crippen LogP contribution in [0.1, 0.15) is 23.5 Å². The van der Waals surface area contributed by atoms with E-state index in [1.807, 2.05) is 0 Å². The lowest BCUT2D eigenvalue weighted by Gasteiger charge is -2.18. The number of aromatic hydroxyl groups is 2. The highest BCUT2D eigenvalue weighted by Crippen LogP contribution is 2.36. The molecule has 0 radical (unpaired) electrons. The van der Waals surface area contributed by atoms with Gasteiger partial charge in [0.25, 0.3) is 5.56 Å². The van der Waals surface area contributed by atoms with Crippen LogP contribution in [0.15, 0.2) is 41.3 Å². The Kier molecular flexibility index (Phi) is 5.41. The van der Waals surface area contributed by atoms with Crippen LogP contribution in [0.2, 0.25) is 5.02 Å². The minimum Gasteiger partial charge on any atom is -0.504 e. The quantitative estimate of drug-likeness (QED) is 0.628. The molecule has 0 fully saturated rings. The van der Waals surface area contributed by atoms with Crippen LogP contribution in [0.25, 0.3) is 5.65 Å². The SMILES string of the molecule is COC(=O)C[C@@H](c1ccc(O)c(OC)c1)c1c(O)nc2ccc(Cl)cn2c1=O. The number of pyridine rings is 1. The smallest absolute Gasteiger partial charge is 0.306 e. The topological polar surface area (TPSA) is 110 Å². The molecular weight excluding hydrogens is 388 g/mol.